The van der Waals surface area contributed by atoms with Gasteiger partial charge >= 0.3 is 5.97 Å². The van der Waals surface area contributed by atoms with Gasteiger partial charge < -0.3 is 9.57 Å². The average molecular weight is 347 g/mol. The Bertz CT molecular complexity index is 1040. The van der Waals surface area contributed by atoms with E-state index in [-0.39, 0.29) is 16.7 Å². The number of amides is 2. The summed E-state index contributed by atoms with van der Waals surface area (Å²) >= 11 is 0. The summed E-state index contributed by atoms with van der Waals surface area (Å²) in [6.07, 6.45) is 0. The fourth-order valence-corrected chi connectivity index (χ4v) is 2.93. The summed E-state index contributed by atoms with van der Waals surface area (Å²) in [5.41, 5.74) is 0.536. The third-order valence-corrected chi connectivity index (χ3v) is 4.22. The molecule has 6 heteroatoms. The number of rotatable bonds is 3. The van der Waals surface area contributed by atoms with Gasteiger partial charge in [-0.05, 0) is 35.0 Å². The topological polar surface area (TPSA) is 72.9 Å². The van der Waals surface area contributed by atoms with Crippen LogP contribution in [0.1, 0.15) is 31.1 Å². The SMILES string of the molecule is COc1cc2ccccc2cc1C(=O)ON1C(=O)c2ccccc2C1=O. The molecule has 0 saturated carbocycles. The van der Waals surface area contributed by atoms with Crippen LogP contribution in [0.4, 0.5) is 0 Å². The predicted octanol–water partition coefficient (Wildman–Crippen LogP) is 3.22. The molecule has 3 aromatic carbocycles. The highest BCUT2D eigenvalue weighted by Crippen LogP contribution is 2.28. The molecule has 0 spiro atoms. The summed E-state index contributed by atoms with van der Waals surface area (Å²) < 4.78 is 5.27. The Morgan fingerprint density at radius 1 is 0.846 bits per heavy atom. The lowest BCUT2D eigenvalue weighted by Crippen LogP contribution is -2.32. The molecule has 1 aliphatic heterocycles. The molecule has 6 nitrogen and oxygen atoms in total. The van der Waals surface area contributed by atoms with Gasteiger partial charge in [0.05, 0.1) is 18.2 Å². The first kappa shape index (κ1) is 15.8. The molecule has 0 radical (unpaired) electrons. The Hall–Kier alpha value is -3.67. The van der Waals surface area contributed by atoms with E-state index in [0.29, 0.717) is 10.8 Å². The van der Waals surface area contributed by atoms with Gasteiger partial charge in [-0.2, -0.15) is 0 Å². The minimum atomic E-state index is -0.845. The molecule has 1 heterocycles. The fraction of sp³-hybridized carbons (Fsp3) is 0.0500. The van der Waals surface area contributed by atoms with Crippen molar-refractivity contribution in [1.82, 2.24) is 5.06 Å². The first-order valence-electron chi connectivity index (χ1n) is 7.87. The number of methoxy groups -OCH3 is 1. The molecule has 128 valence electrons. The summed E-state index contributed by atoms with van der Waals surface area (Å²) in [6, 6.07) is 17.1. The lowest BCUT2D eigenvalue weighted by Gasteiger charge is -2.14. The summed E-state index contributed by atoms with van der Waals surface area (Å²) in [7, 11) is 1.43. The Labute approximate surface area is 148 Å². The monoisotopic (exact) mass is 347 g/mol. The lowest BCUT2D eigenvalue weighted by atomic mass is 10.1. The Balaban J connectivity index is 1.68. The number of benzene rings is 3. The van der Waals surface area contributed by atoms with Gasteiger partial charge in [-0.25, -0.2) is 4.79 Å². The molecule has 0 aromatic heterocycles. The van der Waals surface area contributed by atoms with Gasteiger partial charge in [0, 0.05) is 0 Å². The van der Waals surface area contributed by atoms with Gasteiger partial charge in [0.2, 0.25) is 0 Å². The molecule has 1 aliphatic rings. The van der Waals surface area contributed by atoms with Crippen LogP contribution in [0.3, 0.4) is 0 Å². The molecule has 3 aromatic rings. The van der Waals surface area contributed by atoms with Crippen LogP contribution in [0.5, 0.6) is 5.75 Å². The van der Waals surface area contributed by atoms with Crippen LogP contribution < -0.4 is 4.74 Å². The number of imide groups is 1. The minimum Gasteiger partial charge on any atom is -0.496 e. The van der Waals surface area contributed by atoms with E-state index < -0.39 is 17.8 Å². The van der Waals surface area contributed by atoms with Crippen LogP contribution in [0, 0.1) is 0 Å². The van der Waals surface area contributed by atoms with Crippen molar-refractivity contribution >= 4 is 28.6 Å². The number of hydrogen-bond donors (Lipinski definition) is 0. The maximum absolute atomic E-state index is 12.6. The number of carbonyl (C=O) groups is 3. The van der Waals surface area contributed by atoms with E-state index in [1.54, 1.807) is 24.3 Å². The van der Waals surface area contributed by atoms with Crippen LogP contribution in [-0.4, -0.2) is 30.0 Å². The number of hydroxylamine groups is 2. The molecule has 0 unspecified atom stereocenters. The quantitative estimate of drug-likeness (QED) is 0.680. The largest absolute Gasteiger partial charge is 0.496 e. The van der Waals surface area contributed by atoms with Crippen LogP contribution >= 0.6 is 0 Å². The minimum absolute atomic E-state index is 0.128. The zero-order chi connectivity index (χ0) is 18.3. The Kier molecular flexibility index (Phi) is 3.65. The van der Waals surface area contributed by atoms with E-state index in [4.69, 9.17) is 9.57 Å². The summed E-state index contributed by atoms with van der Waals surface area (Å²) in [5.74, 6) is -1.88. The summed E-state index contributed by atoms with van der Waals surface area (Å²) in [6.45, 7) is 0. The van der Waals surface area contributed by atoms with Crippen LogP contribution in [0.2, 0.25) is 0 Å². The summed E-state index contributed by atoms with van der Waals surface area (Å²) in [4.78, 5) is 42.4. The number of fused-ring (bicyclic) bond motifs is 2. The second-order valence-electron chi connectivity index (χ2n) is 5.73. The highest BCUT2D eigenvalue weighted by molar-refractivity contribution is 6.21. The van der Waals surface area contributed by atoms with Crippen molar-refractivity contribution in [3.05, 3.63) is 77.4 Å². The van der Waals surface area contributed by atoms with E-state index in [2.05, 4.69) is 0 Å². The molecule has 0 atom stereocenters. The zero-order valence-electron chi connectivity index (χ0n) is 13.8. The Morgan fingerprint density at radius 2 is 1.38 bits per heavy atom. The smallest absolute Gasteiger partial charge is 0.367 e. The molecule has 0 saturated heterocycles. The van der Waals surface area contributed by atoms with Gasteiger partial charge in [0.1, 0.15) is 11.3 Å². The van der Waals surface area contributed by atoms with Gasteiger partial charge in [-0.15, -0.1) is 0 Å². The number of ether oxygens (including phenoxy) is 1. The highest BCUT2D eigenvalue weighted by atomic mass is 16.7. The summed E-state index contributed by atoms with van der Waals surface area (Å²) in [5, 5.41) is 2.19. The Morgan fingerprint density at radius 3 is 1.96 bits per heavy atom. The van der Waals surface area contributed by atoms with Crippen molar-refractivity contribution in [2.45, 2.75) is 0 Å². The first-order chi connectivity index (χ1) is 12.6. The first-order valence-corrected chi connectivity index (χ1v) is 7.87. The lowest BCUT2D eigenvalue weighted by molar-refractivity contribution is -0.0586. The van der Waals surface area contributed by atoms with E-state index in [0.717, 1.165) is 10.8 Å². The normalized spacial score (nSPS) is 13.0. The number of carbonyl (C=O) groups excluding carboxylic acids is 3. The number of nitrogens with zero attached hydrogens (tertiary/aromatic N) is 1. The van der Waals surface area contributed by atoms with Crippen molar-refractivity contribution in [3.63, 3.8) is 0 Å². The van der Waals surface area contributed by atoms with Crippen molar-refractivity contribution < 1.29 is 24.0 Å². The highest BCUT2D eigenvalue weighted by Gasteiger charge is 2.39. The molecular weight excluding hydrogens is 334 g/mol. The van der Waals surface area contributed by atoms with Crippen molar-refractivity contribution in [3.8, 4) is 5.75 Å². The van der Waals surface area contributed by atoms with Crippen LogP contribution in [0.25, 0.3) is 10.8 Å². The third kappa shape index (κ3) is 2.39. The van der Waals surface area contributed by atoms with Crippen molar-refractivity contribution in [1.29, 1.82) is 0 Å². The van der Waals surface area contributed by atoms with E-state index >= 15 is 0 Å². The van der Waals surface area contributed by atoms with Gasteiger partial charge in [0.25, 0.3) is 11.8 Å². The maximum atomic E-state index is 12.6. The molecular formula is C20H13NO5. The van der Waals surface area contributed by atoms with Crippen molar-refractivity contribution in [2.24, 2.45) is 0 Å². The molecule has 0 bridgehead atoms. The predicted molar refractivity (Wildman–Crippen MR) is 92.9 cm³/mol. The second kappa shape index (κ2) is 6.00. The zero-order valence-corrected chi connectivity index (χ0v) is 13.8. The standard InChI is InChI=1S/C20H13NO5/c1-25-17-11-13-7-3-2-6-12(13)10-16(17)20(24)26-21-18(22)14-8-4-5-9-15(14)19(21)23/h2-11H,1H3. The van der Waals surface area contributed by atoms with Gasteiger partial charge in [-0.3, -0.25) is 9.59 Å². The molecule has 0 N–H and O–H groups in total. The maximum Gasteiger partial charge on any atom is 0.367 e. The fourth-order valence-electron chi connectivity index (χ4n) is 2.93. The van der Waals surface area contributed by atoms with E-state index in [1.807, 2.05) is 24.3 Å². The third-order valence-electron chi connectivity index (χ3n) is 4.22. The van der Waals surface area contributed by atoms with Crippen LogP contribution in [-0.2, 0) is 4.84 Å². The molecule has 4 rings (SSSR count). The van der Waals surface area contributed by atoms with Crippen LogP contribution in [0.15, 0.2) is 60.7 Å². The van der Waals surface area contributed by atoms with E-state index in [1.165, 1.54) is 19.2 Å². The second-order valence-corrected chi connectivity index (χ2v) is 5.73. The van der Waals surface area contributed by atoms with Crippen molar-refractivity contribution in [2.75, 3.05) is 7.11 Å². The molecule has 0 fully saturated rings. The molecule has 0 aliphatic carbocycles. The molecule has 2 amide bonds. The van der Waals surface area contributed by atoms with Gasteiger partial charge in [-0.1, -0.05) is 41.5 Å². The number of hydrogen-bond acceptors (Lipinski definition) is 5. The molecule has 26 heavy (non-hydrogen) atoms. The average Bonchev–Trinajstić information content (AvgIpc) is 2.92. The van der Waals surface area contributed by atoms with E-state index in [9.17, 15) is 14.4 Å². The van der Waals surface area contributed by atoms with Gasteiger partial charge in [0.15, 0.2) is 0 Å².